The van der Waals surface area contributed by atoms with Gasteiger partial charge in [0.05, 0.1) is 17.0 Å². The Labute approximate surface area is 123 Å². The minimum absolute atomic E-state index is 0.0562. The Morgan fingerprint density at radius 1 is 1.29 bits per heavy atom. The SMILES string of the molecule is CCc1ccc(S(=O)(=O)NCC(=O)N(C)C)cc1C(=O)O. The fourth-order valence-electron chi connectivity index (χ4n) is 1.63. The van der Waals surface area contributed by atoms with E-state index in [4.69, 9.17) is 5.11 Å². The summed E-state index contributed by atoms with van der Waals surface area (Å²) in [4.78, 5) is 23.6. The van der Waals surface area contributed by atoms with E-state index >= 15 is 0 Å². The number of rotatable bonds is 6. The highest BCUT2D eigenvalue weighted by molar-refractivity contribution is 7.89. The fourth-order valence-corrected chi connectivity index (χ4v) is 2.63. The Bertz CT molecular complexity index is 653. The number of likely N-dealkylation sites (N-methyl/N-ethyl adjacent to an activating group) is 1. The molecule has 0 atom stereocenters. The van der Waals surface area contributed by atoms with Crippen LogP contribution in [-0.4, -0.2) is 50.9 Å². The van der Waals surface area contributed by atoms with E-state index in [1.54, 1.807) is 6.92 Å². The predicted molar refractivity (Wildman–Crippen MR) is 76.7 cm³/mol. The summed E-state index contributed by atoms with van der Waals surface area (Å²) in [6.07, 6.45) is 0.481. The van der Waals surface area contributed by atoms with Crippen LogP contribution in [0.5, 0.6) is 0 Å². The van der Waals surface area contributed by atoms with E-state index in [9.17, 15) is 18.0 Å². The lowest BCUT2D eigenvalue weighted by Gasteiger charge is -2.12. The van der Waals surface area contributed by atoms with E-state index in [1.807, 2.05) is 0 Å². The Morgan fingerprint density at radius 2 is 1.90 bits per heavy atom. The molecular weight excluding hydrogens is 296 g/mol. The van der Waals surface area contributed by atoms with Crippen molar-refractivity contribution in [1.29, 1.82) is 0 Å². The Morgan fingerprint density at radius 3 is 2.38 bits per heavy atom. The summed E-state index contributed by atoms with van der Waals surface area (Å²) >= 11 is 0. The lowest BCUT2D eigenvalue weighted by molar-refractivity contribution is -0.127. The van der Waals surface area contributed by atoms with E-state index in [2.05, 4.69) is 4.72 Å². The third-order valence-electron chi connectivity index (χ3n) is 2.92. The van der Waals surface area contributed by atoms with Crippen molar-refractivity contribution >= 4 is 21.9 Å². The number of benzene rings is 1. The molecule has 1 aromatic rings. The Hall–Kier alpha value is -1.93. The zero-order chi connectivity index (χ0) is 16.2. The van der Waals surface area contributed by atoms with Crippen molar-refractivity contribution < 1.29 is 23.1 Å². The van der Waals surface area contributed by atoms with Crippen molar-refractivity contribution in [3.63, 3.8) is 0 Å². The fraction of sp³-hybridized carbons (Fsp3) is 0.385. The number of hydrogen-bond donors (Lipinski definition) is 2. The van der Waals surface area contributed by atoms with Gasteiger partial charge in [0.25, 0.3) is 0 Å². The molecule has 0 heterocycles. The van der Waals surface area contributed by atoms with Crippen molar-refractivity contribution in [2.75, 3.05) is 20.6 Å². The van der Waals surface area contributed by atoms with Gasteiger partial charge in [-0.2, -0.15) is 0 Å². The molecule has 1 rings (SSSR count). The highest BCUT2D eigenvalue weighted by Gasteiger charge is 2.19. The normalized spacial score (nSPS) is 11.2. The van der Waals surface area contributed by atoms with Gasteiger partial charge in [0.15, 0.2) is 0 Å². The molecule has 0 aliphatic rings. The first-order chi connectivity index (χ1) is 9.69. The summed E-state index contributed by atoms with van der Waals surface area (Å²) in [5.74, 6) is -1.59. The smallest absolute Gasteiger partial charge is 0.336 e. The Kier molecular flexibility index (Phi) is 5.45. The van der Waals surface area contributed by atoms with Crippen LogP contribution < -0.4 is 4.72 Å². The number of amides is 1. The molecule has 0 saturated carbocycles. The van der Waals surface area contributed by atoms with E-state index in [-0.39, 0.29) is 17.0 Å². The van der Waals surface area contributed by atoms with Gasteiger partial charge < -0.3 is 10.0 Å². The first kappa shape index (κ1) is 17.1. The highest BCUT2D eigenvalue weighted by Crippen LogP contribution is 2.17. The van der Waals surface area contributed by atoms with E-state index in [1.165, 1.54) is 31.1 Å². The van der Waals surface area contributed by atoms with Crippen LogP contribution in [0.2, 0.25) is 0 Å². The van der Waals surface area contributed by atoms with Gasteiger partial charge in [0.1, 0.15) is 0 Å². The molecule has 7 nitrogen and oxygen atoms in total. The second-order valence-electron chi connectivity index (χ2n) is 4.59. The molecule has 0 spiro atoms. The zero-order valence-corrected chi connectivity index (χ0v) is 12.9. The topological polar surface area (TPSA) is 104 Å². The minimum atomic E-state index is -3.93. The molecular formula is C13H18N2O5S. The number of aryl methyl sites for hydroxylation is 1. The number of aromatic carboxylic acids is 1. The quantitative estimate of drug-likeness (QED) is 0.786. The van der Waals surface area contributed by atoms with Gasteiger partial charge in [0.2, 0.25) is 15.9 Å². The maximum Gasteiger partial charge on any atom is 0.336 e. The number of carbonyl (C=O) groups is 2. The molecule has 21 heavy (non-hydrogen) atoms. The monoisotopic (exact) mass is 314 g/mol. The zero-order valence-electron chi connectivity index (χ0n) is 12.1. The minimum Gasteiger partial charge on any atom is -0.478 e. The number of carboxylic acid groups (broad SMARTS) is 1. The molecule has 0 unspecified atom stereocenters. The van der Waals surface area contributed by atoms with Crippen LogP contribution >= 0.6 is 0 Å². The van der Waals surface area contributed by atoms with Crippen LogP contribution in [-0.2, 0) is 21.2 Å². The first-order valence-electron chi connectivity index (χ1n) is 6.25. The van der Waals surface area contributed by atoms with Gasteiger partial charge in [0, 0.05) is 14.1 Å². The first-order valence-corrected chi connectivity index (χ1v) is 7.73. The van der Waals surface area contributed by atoms with E-state index in [0.29, 0.717) is 12.0 Å². The summed E-state index contributed by atoms with van der Waals surface area (Å²) in [7, 11) is -0.912. The summed E-state index contributed by atoms with van der Waals surface area (Å²) < 4.78 is 26.3. The average Bonchev–Trinajstić information content (AvgIpc) is 2.43. The average molecular weight is 314 g/mol. The van der Waals surface area contributed by atoms with Crippen LogP contribution in [0, 0.1) is 0 Å². The molecule has 0 aliphatic carbocycles. The van der Waals surface area contributed by atoms with Crippen molar-refractivity contribution in [3.8, 4) is 0 Å². The van der Waals surface area contributed by atoms with Crippen LogP contribution in [0.4, 0.5) is 0 Å². The van der Waals surface area contributed by atoms with Crippen LogP contribution in [0.15, 0.2) is 23.1 Å². The van der Waals surface area contributed by atoms with Crippen molar-refractivity contribution in [3.05, 3.63) is 29.3 Å². The molecule has 0 bridgehead atoms. The van der Waals surface area contributed by atoms with E-state index in [0.717, 1.165) is 6.07 Å². The largest absolute Gasteiger partial charge is 0.478 e. The highest BCUT2D eigenvalue weighted by atomic mass is 32.2. The molecule has 1 aromatic carbocycles. The molecule has 0 radical (unpaired) electrons. The summed E-state index contributed by atoms with van der Waals surface area (Å²) in [6, 6.07) is 3.89. The molecule has 0 aromatic heterocycles. The van der Waals surface area contributed by atoms with E-state index < -0.39 is 21.9 Å². The van der Waals surface area contributed by atoms with Crippen LogP contribution in [0.1, 0.15) is 22.8 Å². The standard InChI is InChI=1S/C13H18N2O5S/c1-4-9-5-6-10(7-11(9)13(17)18)21(19,20)14-8-12(16)15(2)3/h5-7,14H,4,8H2,1-3H3,(H,17,18). The number of nitrogens with one attached hydrogen (secondary N) is 1. The van der Waals surface area contributed by atoms with Gasteiger partial charge in [-0.05, 0) is 24.1 Å². The molecule has 1 amide bonds. The van der Waals surface area contributed by atoms with Gasteiger partial charge >= 0.3 is 5.97 Å². The van der Waals surface area contributed by atoms with Crippen LogP contribution in [0.25, 0.3) is 0 Å². The molecule has 0 saturated heterocycles. The molecule has 8 heteroatoms. The predicted octanol–water partition coefficient (Wildman–Crippen LogP) is 0.314. The second kappa shape index (κ2) is 6.68. The van der Waals surface area contributed by atoms with Gasteiger partial charge in [-0.3, -0.25) is 4.79 Å². The lowest BCUT2D eigenvalue weighted by atomic mass is 10.1. The summed E-state index contributed by atoms with van der Waals surface area (Å²) in [5, 5.41) is 9.10. The number of carbonyl (C=O) groups excluding carboxylic acids is 1. The van der Waals surface area contributed by atoms with Crippen molar-refractivity contribution in [1.82, 2.24) is 9.62 Å². The molecule has 2 N–H and O–H groups in total. The summed E-state index contributed by atoms with van der Waals surface area (Å²) in [5.41, 5.74) is 0.491. The third kappa shape index (κ3) is 4.27. The van der Waals surface area contributed by atoms with Gasteiger partial charge in [-0.25, -0.2) is 17.9 Å². The van der Waals surface area contributed by atoms with Crippen molar-refractivity contribution in [2.45, 2.75) is 18.2 Å². The number of hydrogen-bond acceptors (Lipinski definition) is 4. The third-order valence-corrected chi connectivity index (χ3v) is 4.31. The summed E-state index contributed by atoms with van der Waals surface area (Å²) in [6.45, 7) is 1.40. The molecule has 0 aliphatic heterocycles. The van der Waals surface area contributed by atoms with Gasteiger partial charge in [-0.15, -0.1) is 0 Å². The van der Waals surface area contributed by atoms with Crippen LogP contribution in [0.3, 0.4) is 0 Å². The molecule has 116 valence electrons. The lowest BCUT2D eigenvalue weighted by Crippen LogP contribution is -2.36. The Balaban J connectivity index is 3.06. The maximum atomic E-state index is 12.1. The van der Waals surface area contributed by atoms with Crippen molar-refractivity contribution in [2.24, 2.45) is 0 Å². The number of sulfonamides is 1. The number of nitrogens with zero attached hydrogens (tertiary/aromatic N) is 1. The second-order valence-corrected chi connectivity index (χ2v) is 6.36. The maximum absolute atomic E-state index is 12.1. The number of carboxylic acids is 1. The van der Waals surface area contributed by atoms with Gasteiger partial charge in [-0.1, -0.05) is 13.0 Å². The molecule has 0 fully saturated rings.